The predicted octanol–water partition coefficient (Wildman–Crippen LogP) is 3.64. The Bertz CT molecular complexity index is 543. The molecule has 0 aliphatic heterocycles. The molecule has 2 rings (SSSR count). The molecule has 1 N–H and O–H groups in total. The number of pyridine rings is 1. The second kappa shape index (κ2) is 7.10. The van der Waals surface area contributed by atoms with Crippen LogP contribution >= 0.6 is 0 Å². The first-order valence-corrected chi connectivity index (χ1v) is 6.79. The molecular formula is C16H18F2N2. The van der Waals surface area contributed by atoms with E-state index in [1.165, 1.54) is 6.07 Å². The van der Waals surface area contributed by atoms with E-state index in [0.717, 1.165) is 24.7 Å². The molecule has 0 radical (unpaired) electrons. The van der Waals surface area contributed by atoms with Gasteiger partial charge < -0.3 is 5.32 Å². The van der Waals surface area contributed by atoms with Crippen molar-refractivity contribution < 1.29 is 8.78 Å². The lowest BCUT2D eigenvalue weighted by Gasteiger charge is -2.18. The molecule has 0 saturated heterocycles. The third-order valence-corrected chi connectivity index (χ3v) is 3.14. The lowest BCUT2D eigenvalue weighted by atomic mass is 10.0. The Labute approximate surface area is 117 Å². The van der Waals surface area contributed by atoms with E-state index in [-0.39, 0.29) is 6.04 Å². The average molecular weight is 276 g/mol. The number of hydrogen-bond acceptors (Lipinski definition) is 2. The highest BCUT2D eigenvalue weighted by atomic mass is 19.2. The molecule has 2 nitrogen and oxygen atoms in total. The third-order valence-electron chi connectivity index (χ3n) is 3.14. The van der Waals surface area contributed by atoms with E-state index in [4.69, 9.17) is 0 Å². The molecule has 1 atom stereocenters. The SMILES string of the molecule is CCCNC(Cc1cccc(F)c1F)c1ccccn1. The molecule has 4 heteroatoms. The van der Waals surface area contributed by atoms with Gasteiger partial charge in [-0.2, -0.15) is 0 Å². The van der Waals surface area contributed by atoms with Gasteiger partial charge in [-0.15, -0.1) is 0 Å². The van der Waals surface area contributed by atoms with Gasteiger partial charge in [-0.1, -0.05) is 25.1 Å². The van der Waals surface area contributed by atoms with Crippen molar-refractivity contribution in [2.75, 3.05) is 6.54 Å². The first kappa shape index (κ1) is 14.6. The van der Waals surface area contributed by atoms with E-state index >= 15 is 0 Å². The van der Waals surface area contributed by atoms with Crippen molar-refractivity contribution >= 4 is 0 Å². The van der Waals surface area contributed by atoms with Crippen molar-refractivity contribution in [1.82, 2.24) is 10.3 Å². The maximum Gasteiger partial charge on any atom is 0.162 e. The molecule has 2 aromatic rings. The van der Waals surface area contributed by atoms with Crippen LogP contribution in [0.1, 0.15) is 30.6 Å². The molecule has 0 fully saturated rings. The summed E-state index contributed by atoms with van der Waals surface area (Å²) < 4.78 is 27.0. The first-order chi connectivity index (χ1) is 9.72. The van der Waals surface area contributed by atoms with Gasteiger partial charge in [0.05, 0.1) is 11.7 Å². The van der Waals surface area contributed by atoms with Crippen molar-refractivity contribution in [3.05, 3.63) is 65.5 Å². The molecule has 0 amide bonds. The van der Waals surface area contributed by atoms with Crippen molar-refractivity contribution in [3.63, 3.8) is 0 Å². The highest BCUT2D eigenvalue weighted by Gasteiger charge is 2.16. The molecule has 0 spiro atoms. The Balaban J connectivity index is 2.21. The van der Waals surface area contributed by atoms with Crippen molar-refractivity contribution in [2.45, 2.75) is 25.8 Å². The van der Waals surface area contributed by atoms with E-state index in [1.54, 1.807) is 12.3 Å². The van der Waals surface area contributed by atoms with Gasteiger partial charge in [-0.05, 0) is 43.1 Å². The Kier molecular flexibility index (Phi) is 5.18. The fraction of sp³-hybridized carbons (Fsp3) is 0.312. The molecule has 0 aliphatic carbocycles. The molecule has 1 unspecified atom stereocenters. The largest absolute Gasteiger partial charge is 0.308 e. The molecule has 1 aromatic heterocycles. The minimum Gasteiger partial charge on any atom is -0.308 e. The molecule has 106 valence electrons. The van der Waals surface area contributed by atoms with Crippen molar-refractivity contribution in [2.24, 2.45) is 0 Å². The summed E-state index contributed by atoms with van der Waals surface area (Å²) in [5.74, 6) is -1.58. The fourth-order valence-electron chi connectivity index (χ4n) is 2.11. The van der Waals surface area contributed by atoms with Gasteiger partial charge in [0.15, 0.2) is 11.6 Å². The van der Waals surface area contributed by atoms with Crippen LogP contribution in [0.2, 0.25) is 0 Å². The highest BCUT2D eigenvalue weighted by molar-refractivity contribution is 5.22. The number of halogens is 2. The summed E-state index contributed by atoms with van der Waals surface area (Å²) in [6, 6.07) is 9.78. The standard InChI is InChI=1S/C16H18F2N2/c1-2-9-19-15(14-8-3-4-10-20-14)11-12-6-5-7-13(17)16(12)18/h3-8,10,15,19H,2,9,11H2,1H3. The number of hydrogen-bond donors (Lipinski definition) is 1. The molecule has 0 bridgehead atoms. The van der Waals surface area contributed by atoms with E-state index in [2.05, 4.69) is 17.2 Å². The van der Waals surface area contributed by atoms with E-state index < -0.39 is 11.6 Å². The van der Waals surface area contributed by atoms with Crippen molar-refractivity contribution in [3.8, 4) is 0 Å². The van der Waals surface area contributed by atoms with Gasteiger partial charge in [0.2, 0.25) is 0 Å². The maximum absolute atomic E-state index is 13.8. The quantitative estimate of drug-likeness (QED) is 0.871. The molecule has 0 aliphatic rings. The van der Waals surface area contributed by atoms with E-state index in [0.29, 0.717) is 12.0 Å². The third kappa shape index (κ3) is 3.61. The second-order valence-electron chi connectivity index (χ2n) is 4.68. The van der Waals surface area contributed by atoms with Crippen LogP contribution in [0.5, 0.6) is 0 Å². The summed E-state index contributed by atoms with van der Waals surface area (Å²) in [7, 11) is 0. The van der Waals surface area contributed by atoms with Crippen LogP contribution in [0.4, 0.5) is 8.78 Å². The van der Waals surface area contributed by atoms with Gasteiger partial charge in [0, 0.05) is 6.20 Å². The number of rotatable bonds is 6. The normalized spacial score (nSPS) is 12.3. The van der Waals surface area contributed by atoms with Crippen LogP contribution in [0.3, 0.4) is 0 Å². The second-order valence-corrected chi connectivity index (χ2v) is 4.68. The summed E-state index contributed by atoms with van der Waals surface area (Å²) in [5, 5.41) is 3.33. The summed E-state index contributed by atoms with van der Waals surface area (Å²) in [5.41, 5.74) is 1.20. The number of nitrogens with zero attached hydrogens (tertiary/aromatic N) is 1. The van der Waals surface area contributed by atoms with Crippen LogP contribution in [-0.2, 0) is 6.42 Å². The lowest BCUT2D eigenvalue weighted by Crippen LogP contribution is -2.25. The van der Waals surface area contributed by atoms with Gasteiger partial charge in [0.25, 0.3) is 0 Å². The Hall–Kier alpha value is -1.81. The fourth-order valence-corrected chi connectivity index (χ4v) is 2.11. The summed E-state index contributed by atoms with van der Waals surface area (Å²) >= 11 is 0. The molecule has 0 saturated carbocycles. The number of benzene rings is 1. The van der Waals surface area contributed by atoms with Gasteiger partial charge in [-0.3, -0.25) is 4.98 Å². The summed E-state index contributed by atoms with van der Waals surface area (Å²) in [6.07, 6.45) is 3.05. The zero-order valence-electron chi connectivity index (χ0n) is 11.4. The maximum atomic E-state index is 13.8. The van der Waals surface area contributed by atoms with Gasteiger partial charge in [0.1, 0.15) is 0 Å². The lowest BCUT2D eigenvalue weighted by molar-refractivity contribution is 0.473. The number of nitrogens with one attached hydrogen (secondary N) is 1. The van der Waals surface area contributed by atoms with Gasteiger partial charge in [-0.25, -0.2) is 8.78 Å². The molecule has 20 heavy (non-hydrogen) atoms. The minimum atomic E-state index is -0.808. The van der Waals surface area contributed by atoms with Crippen LogP contribution in [0.25, 0.3) is 0 Å². The topological polar surface area (TPSA) is 24.9 Å². The highest BCUT2D eigenvalue weighted by Crippen LogP contribution is 2.20. The Morgan fingerprint density at radius 3 is 2.70 bits per heavy atom. The summed E-state index contributed by atoms with van der Waals surface area (Å²) in [6.45, 7) is 2.86. The van der Waals surface area contributed by atoms with Crippen LogP contribution in [0, 0.1) is 11.6 Å². The zero-order chi connectivity index (χ0) is 14.4. The minimum absolute atomic E-state index is 0.118. The van der Waals surface area contributed by atoms with E-state index in [1.807, 2.05) is 18.2 Å². The molecular weight excluding hydrogens is 258 g/mol. The smallest absolute Gasteiger partial charge is 0.162 e. The number of aromatic nitrogens is 1. The van der Waals surface area contributed by atoms with Crippen LogP contribution < -0.4 is 5.32 Å². The average Bonchev–Trinajstić information content (AvgIpc) is 2.48. The van der Waals surface area contributed by atoms with Gasteiger partial charge >= 0.3 is 0 Å². The molecule has 1 heterocycles. The Morgan fingerprint density at radius 1 is 1.15 bits per heavy atom. The molecule has 1 aromatic carbocycles. The van der Waals surface area contributed by atoms with Crippen molar-refractivity contribution in [1.29, 1.82) is 0 Å². The Morgan fingerprint density at radius 2 is 2.00 bits per heavy atom. The monoisotopic (exact) mass is 276 g/mol. The predicted molar refractivity (Wildman–Crippen MR) is 75.3 cm³/mol. The van der Waals surface area contributed by atoms with Crippen LogP contribution in [-0.4, -0.2) is 11.5 Å². The first-order valence-electron chi connectivity index (χ1n) is 6.79. The van der Waals surface area contributed by atoms with Crippen LogP contribution in [0.15, 0.2) is 42.6 Å². The zero-order valence-corrected chi connectivity index (χ0v) is 11.4. The summed E-state index contributed by atoms with van der Waals surface area (Å²) in [4.78, 5) is 4.30. The van der Waals surface area contributed by atoms with E-state index in [9.17, 15) is 8.78 Å².